The normalized spacial score (nSPS) is 26.2. The smallest absolute Gasteiger partial charge is 0.508 e. The van der Waals surface area contributed by atoms with Crippen LogP contribution >= 0.6 is 23.2 Å². The van der Waals surface area contributed by atoms with Crippen LogP contribution in [0, 0.1) is 5.92 Å². The summed E-state index contributed by atoms with van der Waals surface area (Å²) in [5.41, 5.74) is 7.41. The summed E-state index contributed by atoms with van der Waals surface area (Å²) in [7, 11) is 1.46. The Morgan fingerprint density at radius 2 is 1.38 bits per heavy atom. The molecular weight excluding hydrogens is 1730 g/mol. The van der Waals surface area contributed by atoms with E-state index in [0.29, 0.717) is 12.1 Å². The minimum absolute atomic E-state index is 0.0102. The van der Waals surface area contributed by atoms with Crippen molar-refractivity contribution in [2.24, 2.45) is 16.6 Å². The maximum atomic E-state index is 16.4. The van der Waals surface area contributed by atoms with E-state index < -0.39 is 260 Å². The van der Waals surface area contributed by atoms with E-state index in [4.69, 9.17) is 57.4 Å². The fourth-order valence-corrected chi connectivity index (χ4v) is 15.9. The number of amides is 9. The second kappa shape index (κ2) is 39.0. The molecule has 9 amide bonds. The standard InChI is InChI=1S/C84H91Cl2F3N14O25/c1-34(2)21-49(91-5)74(115)100-64-66(109)39-12-17-53(47(85)24-39)123-55-26-41-27-56(70(55)127-81-71(69(112)68(111)57(33-104)125-81)126-59-31-83(4,72(113)35(3)122-59)94-32-36-7-6-8-42(22-36)95-73(114)37-9-14-44(15-10-37)128-84(87,88)89)124-54-18-13-40(25-48(54)86)67(110)65-79(120)99-63(80(121)102-103-82-92-19-20-93-82)46-28-43(105)29-52(107)60(46)45-23-38(11-16-51(45)106)61(76(117)101-65)98-77(118)62(41)97-75(116)50(30-58(90)108)96-78(64)119/h6-18,22-29,34-35,49-50,57,59,61-69,71-72,81,91,94,104-107,109-113H,19-21,30-33H2,1-5H3,(H2,90,108)(H,95,114)(H,96,119)(H,97,116)(H,98,118)(H,99,120)(H,100,115)(H,101,117)(H,102,121)(H2,92,93,103). The second-order valence-corrected chi connectivity index (χ2v) is 32.5. The predicted molar refractivity (Wildman–Crippen MR) is 443 cm³/mol. The molecular formula is C84H91Cl2F3N14O25. The summed E-state index contributed by atoms with van der Waals surface area (Å²) < 4.78 is 82.1. The quantitative estimate of drug-likeness (QED) is 0.0517. The first-order valence-electron chi connectivity index (χ1n) is 40.0. The monoisotopic (exact) mass is 1820 g/mol. The van der Waals surface area contributed by atoms with Crippen molar-refractivity contribution < 1.29 is 135 Å². The zero-order valence-corrected chi connectivity index (χ0v) is 69.9. The molecule has 39 nitrogen and oxygen atoms in total. The van der Waals surface area contributed by atoms with E-state index in [2.05, 4.69) is 73.7 Å². The molecule has 7 aromatic rings. The van der Waals surface area contributed by atoms with E-state index in [1.54, 1.807) is 45.0 Å². The lowest BCUT2D eigenvalue weighted by atomic mass is 9.84. The molecule has 2 fully saturated rings. The lowest BCUT2D eigenvalue weighted by Gasteiger charge is -2.48. The number of anilines is 1. The number of carbonyl (C=O) groups is 9. The molecule has 8 heterocycles. The van der Waals surface area contributed by atoms with Crippen LogP contribution in [0.5, 0.6) is 51.7 Å². The first kappa shape index (κ1) is 93.2. The average molecular weight is 1820 g/mol. The SMILES string of the molecule is CNC(CC(C)C)C(=O)NC1C(=O)NC(CC(N)=O)C(=O)NC2C(=O)NC3C(=O)NC(C(=O)NC(C(=O)NNC4=NCCN4)c4cc(O)cc(O)c4-c4cc3ccc4O)C(O)c3ccc(c(Cl)c3)Oc3cc2cc(c3OC2OC(CO)C(O)C(O)C2OC2CC(C)(NCc3cccc(NC(=O)c4ccc(OC(F)(F)F)cc4)c3)C(O)C(C)O2)Oc2ccc(cc2Cl)C1O. The van der Waals surface area contributed by atoms with Gasteiger partial charge in [-0.15, -0.1) is 13.2 Å². The number of aromatic hydroxyl groups is 3. The average Bonchev–Trinajstić information content (AvgIpc) is 0.833. The molecule has 8 aliphatic heterocycles. The van der Waals surface area contributed by atoms with Crippen molar-refractivity contribution in [3.8, 4) is 62.9 Å². The highest BCUT2D eigenvalue weighted by Crippen LogP contribution is 2.50. The number of aliphatic hydroxyl groups is 6. The number of fused-ring (bicyclic) bond motifs is 15. The topological polar surface area (TPSA) is 583 Å². The van der Waals surface area contributed by atoms with Crippen LogP contribution in [0.3, 0.4) is 0 Å². The predicted octanol–water partition coefficient (Wildman–Crippen LogP) is 2.58. The van der Waals surface area contributed by atoms with Crippen LogP contribution in [0.2, 0.25) is 10.0 Å². The van der Waals surface area contributed by atoms with E-state index in [-0.39, 0.29) is 71.5 Å². The van der Waals surface area contributed by atoms with Crippen molar-refractivity contribution in [2.45, 2.75) is 169 Å². The molecule has 23 N–H and O–H groups in total. The molecule has 2 saturated heterocycles. The van der Waals surface area contributed by atoms with Gasteiger partial charge in [-0.3, -0.25) is 59.0 Å². The van der Waals surface area contributed by atoms with Crippen molar-refractivity contribution in [3.63, 3.8) is 0 Å². The van der Waals surface area contributed by atoms with E-state index in [0.717, 1.165) is 91.0 Å². The number of phenolic OH excluding ortho intramolecular Hbond substituents is 3. The van der Waals surface area contributed by atoms with Crippen LogP contribution in [-0.2, 0) is 59.1 Å². The van der Waals surface area contributed by atoms with Crippen molar-refractivity contribution >= 4 is 88.0 Å². The lowest BCUT2D eigenvalue weighted by Crippen LogP contribution is -2.65. The summed E-state index contributed by atoms with van der Waals surface area (Å²) in [5.74, 6) is -16.7. The number of alkyl halides is 3. The number of hydrazine groups is 1. The molecule has 15 rings (SSSR count). The molecule has 0 radical (unpaired) electrons. The molecule has 682 valence electrons. The van der Waals surface area contributed by atoms with Gasteiger partial charge in [-0.25, -0.2) is 0 Å². The molecule has 0 aromatic heterocycles. The summed E-state index contributed by atoms with van der Waals surface area (Å²) in [6, 6.07) is 10.0. The Balaban J connectivity index is 0.950. The van der Waals surface area contributed by atoms with Crippen LogP contribution in [0.15, 0.2) is 132 Å². The van der Waals surface area contributed by atoms with Gasteiger partial charge in [0.2, 0.25) is 59.3 Å². The molecule has 0 spiro atoms. The van der Waals surface area contributed by atoms with Gasteiger partial charge < -0.3 is 138 Å². The maximum absolute atomic E-state index is 16.4. The highest BCUT2D eigenvalue weighted by atomic mass is 35.5. The van der Waals surface area contributed by atoms with Gasteiger partial charge in [-0.1, -0.05) is 67.4 Å². The first-order valence-corrected chi connectivity index (χ1v) is 40.8. The van der Waals surface area contributed by atoms with E-state index in [1.807, 2.05) is 0 Å². The number of benzene rings is 7. The van der Waals surface area contributed by atoms with Gasteiger partial charge in [0, 0.05) is 53.5 Å². The van der Waals surface area contributed by atoms with Gasteiger partial charge in [-0.2, -0.15) is 0 Å². The number of hydrogen-bond donors (Lipinski definition) is 22. The summed E-state index contributed by atoms with van der Waals surface area (Å²) >= 11 is 14.4. The molecule has 128 heavy (non-hydrogen) atoms. The van der Waals surface area contributed by atoms with Crippen molar-refractivity contribution in [3.05, 3.63) is 176 Å². The van der Waals surface area contributed by atoms with E-state index in [9.17, 15) is 78.3 Å². The molecule has 18 atom stereocenters. The third-order valence-electron chi connectivity index (χ3n) is 22.0. The number of primary amides is 1. The van der Waals surface area contributed by atoms with Gasteiger partial charge in [-0.05, 0) is 158 Å². The fourth-order valence-electron chi connectivity index (χ4n) is 15.4. The van der Waals surface area contributed by atoms with Crippen molar-refractivity contribution in [1.29, 1.82) is 0 Å². The highest BCUT2D eigenvalue weighted by Gasteiger charge is 2.53. The number of aliphatic imine (C=N–C) groups is 1. The minimum Gasteiger partial charge on any atom is -0.508 e. The molecule has 0 saturated carbocycles. The third kappa shape index (κ3) is 21.2. The molecule has 0 aliphatic carbocycles. The number of hydrogen-bond acceptors (Lipinski definition) is 30. The van der Waals surface area contributed by atoms with Gasteiger partial charge in [0.1, 0.15) is 101 Å². The Morgan fingerprint density at radius 3 is 2.01 bits per heavy atom. The number of likely N-dealkylation sites (N-methyl/N-ethyl adjacent to an activating group) is 1. The zero-order chi connectivity index (χ0) is 92.2. The largest absolute Gasteiger partial charge is 0.573 e. The van der Waals surface area contributed by atoms with Crippen LogP contribution in [0.25, 0.3) is 11.1 Å². The Kier molecular flexibility index (Phi) is 28.4. The fraction of sp³-hybridized carbons (Fsp3) is 0.381. The Bertz CT molecular complexity index is 5450. The van der Waals surface area contributed by atoms with E-state index in [1.165, 1.54) is 26.1 Å². The maximum Gasteiger partial charge on any atom is 0.573 e. The summed E-state index contributed by atoms with van der Waals surface area (Å²) in [6.07, 6.45) is -24.7. The first-order chi connectivity index (χ1) is 60.7. The number of nitrogens with zero attached hydrogens (tertiary/aromatic N) is 1. The molecule has 7 aromatic carbocycles. The van der Waals surface area contributed by atoms with Crippen LogP contribution in [0.1, 0.15) is 121 Å². The van der Waals surface area contributed by atoms with Gasteiger partial charge in [0.05, 0.1) is 47.9 Å². The number of phenols is 3. The van der Waals surface area contributed by atoms with Gasteiger partial charge >= 0.3 is 6.36 Å². The third-order valence-corrected chi connectivity index (χ3v) is 22.5. The lowest BCUT2D eigenvalue weighted by molar-refractivity contribution is -0.334. The molecule has 8 aliphatic rings. The number of rotatable bonds is 19. The highest BCUT2D eigenvalue weighted by molar-refractivity contribution is 6.32. The number of ether oxygens (including phenoxy) is 7. The number of carbonyl (C=O) groups excluding carboxylic acids is 9. The number of nitrogens with one attached hydrogen (secondary N) is 12. The van der Waals surface area contributed by atoms with Crippen LogP contribution in [0.4, 0.5) is 18.9 Å². The number of nitrogens with two attached hydrogens (primary N) is 1. The van der Waals surface area contributed by atoms with Crippen molar-refractivity contribution in [2.75, 3.05) is 32.1 Å². The zero-order valence-electron chi connectivity index (χ0n) is 68.4. The van der Waals surface area contributed by atoms with Gasteiger partial charge in [0.25, 0.3) is 11.8 Å². The summed E-state index contributed by atoms with van der Waals surface area (Å²) in [5, 5.41) is 133. The number of halogens is 5. The Labute approximate surface area is 735 Å². The molecule has 44 heteroatoms. The van der Waals surface area contributed by atoms with Gasteiger partial charge in [0.15, 0.2) is 23.9 Å². The van der Waals surface area contributed by atoms with Crippen molar-refractivity contribution in [1.82, 2.24) is 58.7 Å². The second-order valence-electron chi connectivity index (χ2n) is 31.6. The van der Waals surface area contributed by atoms with E-state index >= 15 is 24.0 Å². The number of aliphatic hydroxyl groups excluding tert-OH is 6. The summed E-state index contributed by atoms with van der Waals surface area (Å²) in [6.45, 7) is 6.26. The molecule has 18 unspecified atom stereocenters. The Morgan fingerprint density at radius 1 is 0.719 bits per heavy atom. The summed E-state index contributed by atoms with van der Waals surface area (Å²) in [4.78, 5) is 138. The number of guanidine groups is 1. The Hall–Kier alpha value is -12.4. The van der Waals surface area contributed by atoms with Crippen LogP contribution in [-0.4, -0.2) is 217 Å². The minimum atomic E-state index is -4.97. The van der Waals surface area contributed by atoms with Crippen LogP contribution < -0.4 is 88.7 Å². The molecule has 11 bridgehead atoms.